The van der Waals surface area contributed by atoms with Gasteiger partial charge in [0, 0.05) is 23.9 Å². The van der Waals surface area contributed by atoms with E-state index >= 15 is 0 Å². The van der Waals surface area contributed by atoms with Crippen LogP contribution < -0.4 is 14.4 Å². The van der Waals surface area contributed by atoms with Gasteiger partial charge in [-0.15, -0.1) is 0 Å². The summed E-state index contributed by atoms with van der Waals surface area (Å²) in [5.41, 5.74) is 2.44. The number of rotatable bonds is 5. The first-order valence-corrected chi connectivity index (χ1v) is 10.6. The van der Waals surface area contributed by atoms with Crippen molar-refractivity contribution in [3.63, 3.8) is 0 Å². The summed E-state index contributed by atoms with van der Waals surface area (Å²) in [6.45, 7) is 0.472. The van der Waals surface area contributed by atoms with Gasteiger partial charge in [0.25, 0.3) is 5.91 Å². The highest BCUT2D eigenvalue weighted by Crippen LogP contribution is 2.26. The quantitative estimate of drug-likeness (QED) is 0.689. The first kappa shape index (κ1) is 19.0. The van der Waals surface area contributed by atoms with Crippen molar-refractivity contribution in [3.8, 4) is 17.0 Å². The molecule has 0 saturated carbocycles. The Labute approximate surface area is 168 Å². The molecule has 0 radical (unpaired) electrons. The van der Waals surface area contributed by atoms with Crippen LogP contribution in [0.1, 0.15) is 17.0 Å². The third-order valence-corrected chi connectivity index (χ3v) is 6.50. The molecule has 2 heterocycles. The van der Waals surface area contributed by atoms with E-state index in [9.17, 15) is 13.2 Å². The number of aromatic nitrogens is 1. The van der Waals surface area contributed by atoms with Crippen molar-refractivity contribution >= 4 is 27.3 Å². The summed E-state index contributed by atoms with van der Waals surface area (Å²) in [6.07, 6.45) is 0.614. The van der Waals surface area contributed by atoms with Gasteiger partial charge in [0.2, 0.25) is 15.8 Å². The highest BCUT2D eigenvalue weighted by Gasteiger charge is 2.28. The predicted molar refractivity (Wildman–Crippen MR) is 109 cm³/mol. The lowest BCUT2D eigenvalue weighted by Gasteiger charge is -2.17. The van der Waals surface area contributed by atoms with Crippen LogP contribution >= 0.6 is 0 Å². The van der Waals surface area contributed by atoms with Gasteiger partial charge in [0.1, 0.15) is 11.4 Å². The summed E-state index contributed by atoms with van der Waals surface area (Å²) in [5.74, 6) is 0.509. The Bertz CT molecular complexity index is 1120. The highest BCUT2D eigenvalue weighted by atomic mass is 32.2. The minimum atomic E-state index is -3.23. The van der Waals surface area contributed by atoms with Crippen molar-refractivity contribution in [2.75, 3.05) is 29.0 Å². The number of amides is 1. The molecule has 0 unspecified atom stereocenters. The third-order valence-electron chi connectivity index (χ3n) is 4.63. The van der Waals surface area contributed by atoms with Gasteiger partial charge in [-0.25, -0.2) is 8.42 Å². The number of benzene rings is 2. The number of ether oxygens (including phenoxy) is 1. The van der Waals surface area contributed by atoms with Crippen molar-refractivity contribution < 1.29 is 22.5 Å². The zero-order chi connectivity index (χ0) is 20.4. The van der Waals surface area contributed by atoms with E-state index in [1.165, 1.54) is 4.31 Å². The number of hydrogen-bond acceptors (Lipinski definition) is 6. The van der Waals surface area contributed by atoms with Crippen LogP contribution in [0.25, 0.3) is 11.3 Å². The number of methoxy groups -OCH3 is 1. The fourth-order valence-corrected chi connectivity index (χ4v) is 4.68. The summed E-state index contributed by atoms with van der Waals surface area (Å²) < 4.78 is 35.7. The maximum Gasteiger partial charge on any atom is 0.294 e. The van der Waals surface area contributed by atoms with Crippen molar-refractivity contribution in [2.24, 2.45) is 0 Å². The maximum absolute atomic E-state index is 12.4. The lowest BCUT2D eigenvalue weighted by molar-refractivity contribution is 0.0988. The minimum Gasteiger partial charge on any atom is -0.497 e. The second-order valence-electron chi connectivity index (χ2n) is 6.55. The van der Waals surface area contributed by atoms with Crippen LogP contribution in [-0.2, 0) is 10.0 Å². The van der Waals surface area contributed by atoms with Gasteiger partial charge in [-0.05, 0) is 55.0 Å². The van der Waals surface area contributed by atoms with Crippen LogP contribution in [0, 0.1) is 0 Å². The molecule has 29 heavy (non-hydrogen) atoms. The lowest BCUT2D eigenvalue weighted by Crippen LogP contribution is -2.24. The SMILES string of the molecule is COc1ccc(-c2cc(C(=O)Nc3ccc(N4CCCS4(=O)=O)cc3)on2)cc1. The van der Waals surface area contributed by atoms with Crippen molar-refractivity contribution in [1.82, 2.24) is 5.16 Å². The fraction of sp³-hybridized carbons (Fsp3) is 0.200. The van der Waals surface area contributed by atoms with Gasteiger partial charge in [-0.3, -0.25) is 9.10 Å². The number of nitrogens with zero attached hydrogens (tertiary/aromatic N) is 2. The Hall–Kier alpha value is -3.33. The van der Waals surface area contributed by atoms with E-state index in [0.717, 1.165) is 11.3 Å². The number of carbonyl (C=O) groups is 1. The third kappa shape index (κ3) is 3.95. The molecule has 0 atom stereocenters. The Morgan fingerprint density at radius 2 is 1.86 bits per heavy atom. The predicted octanol–water partition coefficient (Wildman–Crippen LogP) is 3.14. The lowest BCUT2D eigenvalue weighted by atomic mass is 10.1. The number of nitrogens with one attached hydrogen (secondary N) is 1. The van der Waals surface area contributed by atoms with Gasteiger partial charge < -0.3 is 14.6 Å². The van der Waals surface area contributed by atoms with E-state index in [1.54, 1.807) is 49.6 Å². The topological polar surface area (TPSA) is 102 Å². The second kappa shape index (κ2) is 7.59. The van der Waals surface area contributed by atoms with E-state index in [4.69, 9.17) is 9.26 Å². The molecule has 1 N–H and O–H groups in total. The maximum atomic E-state index is 12.4. The van der Waals surface area contributed by atoms with Crippen molar-refractivity contribution in [2.45, 2.75) is 6.42 Å². The van der Waals surface area contributed by atoms with Crippen molar-refractivity contribution in [1.29, 1.82) is 0 Å². The second-order valence-corrected chi connectivity index (χ2v) is 8.56. The summed E-state index contributed by atoms with van der Waals surface area (Å²) >= 11 is 0. The van der Waals surface area contributed by atoms with Crippen LogP contribution in [0.4, 0.5) is 11.4 Å². The first-order chi connectivity index (χ1) is 14.0. The highest BCUT2D eigenvalue weighted by molar-refractivity contribution is 7.93. The molecular weight excluding hydrogens is 394 g/mol. The smallest absolute Gasteiger partial charge is 0.294 e. The average molecular weight is 413 g/mol. The standard InChI is InChI=1S/C20H19N3O5S/c1-27-17-9-3-14(4-10-17)18-13-19(28-22-18)20(24)21-15-5-7-16(8-6-15)23-11-2-12-29(23,25)26/h3-10,13H,2,11-12H2,1H3,(H,21,24). The molecule has 1 saturated heterocycles. The zero-order valence-electron chi connectivity index (χ0n) is 15.7. The molecule has 2 aromatic carbocycles. The molecule has 8 nitrogen and oxygen atoms in total. The molecule has 0 aliphatic carbocycles. The Morgan fingerprint density at radius 3 is 2.48 bits per heavy atom. The Morgan fingerprint density at radius 1 is 1.14 bits per heavy atom. The zero-order valence-corrected chi connectivity index (χ0v) is 16.5. The monoisotopic (exact) mass is 413 g/mol. The number of anilines is 2. The van der Waals surface area contributed by atoms with Crippen LogP contribution in [0.5, 0.6) is 5.75 Å². The molecule has 1 aliphatic heterocycles. The summed E-state index contributed by atoms with van der Waals surface area (Å²) in [6, 6.07) is 15.4. The Balaban J connectivity index is 1.45. The Kier molecular flexibility index (Phi) is 4.98. The van der Waals surface area contributed by atoms with E-state index in [1.807, 2.05) is 12.1 Å². The van der Waals surface area contributed by atoms with Gasteiger partial charge in [0.15, 0.2) is 0 Å². The molecule has 0 spiro atoms. The molecule has 4 rings (SSSR count). The summed E-state index contributed by atoms with van der Waals surface area (Å²) in [5, 5.41) is 6.66. The van der Waals surface area contributed by atoms with Crippen LogP contribution in [0.3, 0.4) is 0 Å². The molecule has 1 fully saturated rings. The molecular formula is C20H19N3O5S. The molecule has 9 heteroatoms. The van der Waals surface area contributed by atoms with Crippen LogP contribution in [0.2, 0.25) is 0 Å². The molecule has 3 aromatic rings. The average Bonchev–Trinajstić information content (AvgIpc) is 3.35. The van der Waals surface area contributed by atoms with Gasteiger partial charge in [-0.2, -0.15) is 0 Å². The van der Waals surface area contributed by atoms with Crippen LogP contribution in [0.15, 0.2) is 59.1 Å². The van der Waals surface area contributed by atoms with Gasteiger partial charge in [0.05, 0.1) is 18.6 Å². The molecule has 1 aromatic heterocycles. The van der Waals surface area contributed by atoms with E-state index in [0.29, 0.717) is 30.0 Å². The van der Waals surface area contributed by atoms with E-state index in [-0.39, 0.29) is 11.5 Å². The van der Waals surface area contributed by atoms with Gasteiger partial charge >= 0.3 is 0 Å². The number of carbonyl (C=O) groups excluding carboxylic acids is 1. The summed E-state index contributed by atoms with van der Waals surface area (Å²) in [7, 11) is -1.64. The minimum absolute atomic E-state index is 0.0713. The number of sulfonamides is 1. The number of hydrogen-bond donors (Lipinski definition) is 1. The van der Waals surface area contributed by atoms with E-state index < -0.39 is 15.9 Å². The summed E-state index contributed by atoms with van der Waals surface area (Å²) in [4.78, 5) is 12.4. The van der Waals surface area contributed by atoms with Gasteiger partial charge in [-0.1, -0.05) is 5.16 Å². The normalized spacial score (nSPS) is 15.3. The molecule has 0 bridgehead atoms. The molecule has 1 amide bonds. The van der Waals surface area contributed by atoms with Crippen LogP contribution in [-0.4, -0.2) is 38.9 Å². The first-order valence-electron chi connectivity index (χ1n) is 8.99. The molecule has 150 valence electrons. The fourth-order valence-electron chi connectivity index (χ4n) is 3.11. The largest absolute Gasteiger partial charge is 0.497 e. The molecule has 1 aliphatic rings. The van der Waals surface area contributed by atoms with Crippen molar-refractivity contribution in [3.05, 3.63) is 60.4 Å². The van der Waals surface area contributed by atoms with E-state index in [2.05, 4.69) is 10.5 Å².